The number of hydrogen-bond donors (Lipinski definition) is 0. The molecule has 150 valence electrons. The van der Waals surface area contributed by atoms with E-state index in [4.69, 9.17) is 8.37 Å². The fourth-order valence-electron chi connectivity index (χ4n) is 2.93. The smallest absolute Gasteiger partial charge is 0.236 e. The third-order valence-electron chi connectivity index (χ3n) is 4.43. The molecule has 0 bridgehead atoms. The molecule has 31 heavy (non-hydrogen) atoms. The van der Waals surface area contributed by atoms with Crippen LogP contribution in [0.4, 0.5) is 0 Å². The summed E-state index contributed by atoms with van der Waals surface area (Å²) in [5.41, 5.74) is 0. The summed E-state index contributed by atoms with van der Waals surface area (Å²) in [5.74, 6) is 0. The molecule has 2 radical (unpaired) electrons. The van der Waals surface area contributed by atoms with Crippen LogP contribution in [-0.4, -0.2) is 82.7 Å². The quantitative estimate of drug-likeness (QED) is 0.242. The zero-order chi connectivity index (χ0) is 20.5. The molecule has 0 aliphatic heterocycles. The van der Waals surface area contributed by atoms with E-state index in [1.165, 1.54) is 24.3 Å². The van der Waals surface area contributed by atoms with Crippen LogP contribution in [0.25, 0.3) is 21.5 Å². The molecule has 4 aromatic rings. The molecular formula is C21H16Na2O6S2. The zero-order valence-electron chi connectivity index (χ0n) is 17.1. The maximum atomic E-state index is 12.4. The Kier molecular flexibility index (Phi) is 9.30. The summed E-state index contributed by atoms with van der Waals surface area (Å²) < 4.78 is 59.1. The van der Waals surface area contributed by atoms with Crippen molar-refractivity contribution in [1.82, 2.24) is 0 Å². The molecular weight excluding hydrogens is 458 g/mol. The summed E-state index contributed by atoms with van der Waals surface area (Å²) >= 11 is 0. The van der Waals surface area contributed by atoms with Gasteiger partial charge in [-0.05, 0) is 45.8 Å². The molecule has 10 heteroatoms. The van der Waals surface area contributed by atoms with E-state index in [1.54, 1.807) is 36.4 Å². The van der Waals surface area contributed by atoms with E-state index in [0.717, 1.165) is 21.5 Å². The molecule has 0 heterocycles. The van der Waals surface area contributed by atoms with E-state index < -0.39 is 27.0 Å². The van der Waals surface area contributed by atoms with Crippen molar-refractivity contribution >= 4 is 101 Å². The van der Waals surface area contributed by atoms with Crippen LogP contribution in [0.5, 0.6) is 0 Å². The molecule has 0 aromatic heterocycles. The van der Waals surface area contributed by atoms with Crippen LogP contribution in [0.2, 0.25) is 0 Å². The first-order valence-corrected chi connectivity index (χ1v) is 11.4. The summed E-state index contributed by atoms with van der Waals surface area (Å²) in [6, 6.07) is 23.5. The molecule has 4 rings (SSSR count). The normalized spacial score (nSPS) is 11.6. The number of fused-ring (bicyclic) bond motifs is 2. The van der Waals surface area contributed by atoms with Crippen molar-refractivity contribution in [2.24, 2.45) is 0 Å². The second-order valence-electron chi connectivity index (χ2n) is 6.28. The van der Waals surface area contributed by atoms with Gasteiger partial charge in [-0.15, -0.1) is 0 Å². The maximum absolute atomic E-state index is 12.4. The van der Waals surface area contributed by atoms with Gasteiger partial charge in [0.2, 0.25) is 0 Å². The molecule has 0 saturated carbocycles. The summed E-state index contributed by atoms with van der Waals surface area (Å²) in [7, 11) is -8.36. The third-order valence-corrected chi connectivity index (χ3v) is 6.90. The number of rotatable bonds is 6. The Morgan fingerprint density at radius 3 is 1.26 bits per heavy atom. The van der Waals surface area contributed by atoms with Crippen LogP contribution in [0.3, 0.4) is 0 Å². The van der Waals surface area contributed by atoms with Crippen LogP contribution in [0.15, 0.2) is 94.7 Å². The molecule has 0 spiro atoms. The van der Waals surface area contributed by atoms with Crippen LogP contribution in [0, 0.1) is 0 Å². The Morgan fingerprint density at radius 2 is 0.871 bits per heavy atom. The Morgan fingerprint density at radius 1 is 0.516 bits per heavy atom. The van der Waals surface area contributed by atoms with Gasteiger partial charge in [-0.1, -0.05) is 60.7 Å². The van der Waals surface area contributed by atoms with Crippen LogP contribution < -0.4 is 0 Å². The Balaban J connectivity index is 0.00000171. The van der Waals surface area contributed by atoms with Gasteiger partial charge in [0.15, 0.2) is 6.79 Å². The molecule has 6 nitrogen and oxygen atoms in total. The van der Waals surface area contributed by atoms with Crippen molar-refractivity contribution in [3.05, 3.63) is 84.9 Å². The van der Waals surface area contributed by atoms with Crippen molar-refractivity contribution in [1.29, 1.82) is 0 Å². The fourth-order valence-corrected chi connectivity index (χ4v) is 4.62. The average Bonchev–Trinajstić information content (AvgIpc) is 2.72. The molecule has 0 N–H and O–H groups in total. The molecule has 4 aromatic carbocycles. The van der Waals surface area contributed by atoms with Gasteiger partial charge in [0, 0.05) is 59.1 Å². The van der Waals surface area contributed by atoms with Crippen molar-refractivity contribution in [2.75, 3.05) is 6.79 Å². The standard InChI is InChI=1S/C21H16O6S2.2Na/c22-28(23,20-11-9-16-5-1-3-7-18(16)13-20)26-15-27-29(24,25)21-12-10-17-6-2-4-8-19(17)14-21;;/h1-14H,15H2;;. The van der Waals surface area contributed by atoms with Gasteiger partial charge >= 0.3 is 0 Å². The predicted molar refractivity (Wildman–Crippen MR) is 121 cm³/mol. The second kappa shape index (κ2) is 10.9. The van der Waals surface area contributed by atoms with E-state index in [2.05, 4.69) is 0 Å². The minimum Gasteiger partial charge on any atom is -0.236 e. The second-order valence-corrected chi connectivity index (χ2v) is 9.51. The monoisotopic (exact) mass is 474 g/mol. The van der Waals surface area contributed by atoms with Gasteiger partial charge < -0.3 is 0 Å². The Bertz CT molecular complexity index is 1310. The molecule has 0 amide bonds. The first kappa shape index (κ1) is 26.5. The topological polar surface area (TPSA) is 86.7 Å². The summed E-state index contributed by atoms with van der Waals surface area (Å²) in [4.78, 5) is -0.161. The average molecular weight is 474 g/mol. The van der Waals surface area contributed by atoms with E-state index in [0.29, 0.717) is 0 Å². The van der Waals surface area contributed by atoms with Crippen molar-refractivity contribution in [2.45, 2.75) is 9.79 Å². The van der Waals surface area contributed by atoms with Crippen LogP contribution in [-0.2, 0) is 28.6 Å². The number of hydrogen-bond acceptors (Lipinski definition) is 6. The maximum Gasteiger partial charge on any atom is 0.299 e. The summed E-state index contributed by atoms with van der Waals surface area (Å²) in [6.45, 7) is -0.954. The van der Waals surface area contributed by atoms with Gasteiger partial charge in [-0.25, -0.2) is 8.37 Å². The molecule has 0 aliphatic carbocycles. The summed E-state index contributed by atoms with van der Waals surface area (Å²) in [5, 5.41) is 3.20. The Labute approximate surface area is 225 Å². The molecule has 0 aliphatic rings. The van der Waals surface area contributed by atoms with E-state index >= 15 is 0 Å². The largest absolute Gasteiger partial charge is 0.299 e. The first-order valence-electron chi connectivity index (χ1n) is 8.62. The van der Waals surface area contributed by atoms with Gasteiger partial charge in [-0.2, -0.15) is 16.8 Å². The van der Waals surface area contributed by atoms with E-state index in [9.17, 15) is 16.8 Å². The first-order chi connectivity index (χ1) is 13.9. The van der Waals surface area contributed by atoms with Gasteiger partial charge in [-0.3, -0.25) is 0 Å². The van der Waals surface area contributed by atoms with Gasteiger partial charge in [0.25, 0.3) is 20.2 Å². The van der Waals surface area contributed by atoms with Crippen molar-refractivity contribution < 1.29 is 25.2 Å². The SMILES string of the molecule is O=S(=O)(OCOS(=O)(=O)c1ccc2ccccc2c1)c1ccc2ccccc2c1.[Na].[Na]. The van der Waals surface area contributed by atoms with Gasteiger partial charge in [0.1, 0.15) is 0 Å². The zero-order valence-corrected chi connectivity index (χ0v) is 22.7. The van der Waals surface area contributed by atoms with E-state index in [-0.39, 0.29) is 68.9 Å². The summed E-state index contributed by atoms with van der Waals surface area (Å²) in [6.07, 6.45) is 0. The van der Waals surface area contributed by atoms with Gasteiger partial charge in [0.05, 0.1) is 9.79 Å². The van der Waals surface area contributed by atoms with Crippen LogP contribution >= 0.6 is 0 Å². The fraction of sp³-hybridized carbons (Fsp3) is 0.0476. The molecule has 0 saturated heterocycles. The molecule has 0 fully saturated rings. The Hall–Kier alpha value is -0.780. The number of benzene rings is 4. The van der Waals surface area contributed by atoms with Crippen molar-refractivity contribution in [3.63, 3.8) is 0 Å². The molecule has 0 unspecified atom stereocenters. The minimum absolute atomic E-state index is 0. The van der Waals surface area contributed by atoms with E-state index in [1.807, 2.05) is 24.3 Å². The third kappa shape index (κ3) is 6.17. The molecule has 0 atom stereocenters. The minimum atomic E-state index is -4.18. The van der Waals surface area contributed by atoms with Crippen molar-refractivity contribution in [3.8, 4) is 0 Å². The van der Waals surface area contributed by atoms with Crippen LogP contribution in [0.1, 0.15) is 0 Å². The predicted octanol–water partition coefficient (Wildman–Crippen LogP) is 3.30.